The van der Waals surface area contributed by atoms with Gasteiger partial charge in [-0.15, -0.1) is 0 Å². The van der Waals surface area contributed by atoms with Crippen LogP contribution in [0.25, 0.3) is 0 Å². The lowest BCUT2D eigenvalue weighted by Crippen LogP contribution is -2.36. The number of rotatable bonds is 3. The Morgan fingerprint density at radius 1 is 1.21 bits per heavy atom. The minimum Gasteiger partial charge on any atom is -0.504 e. The molecule has 0 saturated heterocycles. The average Bonchev–Trinajstić information content (AvgIpc) is 2.31. The van der Waals surface area contributed by atoms with Crippen molar-refractivity contribution in [1.82, 2.24) is 5.09 Å². The molecular formula is C12H19N2O4P. The van der Waals surface area contributed by atoms with Crippen molar-refractivity contribution in [2.45, 2.75) is 37.6 Å². The van der Waals surface area contributed by atoms with Gasteiger partial charge in [0.25, 0.3) is 0 Å². The molecule has 0 aliphatic heterocycles. The second-order valence-electron chi connectivity index (χ2n) is 5.00. The van der Waals surface area contributed by atoms with Crippen LogP contribution in [0.1, 0.15) is 37.2 Å². The summed E-state index contributed by atoms with van der Waals surface area (Å²) in [6.45, 7) is 0. The molecule has 1 aliphatic rings. The Kier molecular flexibility index (Phi) is 4.16. The van der Waals surface area contributed by atoms with Gasteiger partial charge in [-0.2, -0.15) is 0 Å². The maximum Gasteiger partial charge on any atom is 0.335 e. The molecule has 0 bridgehead atoms. The molecular weight excluding hydrogens is 267 g/mol. The molecule has 106 valence electrons. The first kappa shape index (κ1) is 14.3. The summed E-state index contributed by atoms with van der Waals surface area (Å²) >= 11 is 0. The van der Waals surface area contributed by atoms with E-state index in [0.29, 0.717) is 0 Å². The summed E-state index contributed by atoms with van der Waals surface area (Å²) in [6.07, 6.45) is 3.60. The van der Waals surface area contributed by atoms with Crippen LogP contribution in [-0.4, -0.2) is 21.1 Å². The van der Waals surface area contributed by atoms with Crippen LogP contribution in [0.3, 0.4) is 0 Å². The van der Waals surface area contributed by atoms with Crippen LogP contribution in [0.5, 0.6) is 11.5 Å². The first-order chi connectivity index (χ1) is 8.87. The summed E-state index contributed by atoms with van der Waals surface area (Å²) in [5, 5.41) is 21.5. The smallest absolute Gasteiger partial charge is 0.335 e. The van der Waals surface area contributed by atoms with Gasteiger partial charge >= 0.3 is 7.67 Å². The zero-order valence-electron chi connectivity index (χ0n) is 10.5. The average molecular weight is 286 g/mol. The maximum atomic E-state index is 11.3. The summed E-state index contributed by atoms with van der Waals surface area (Å²) < 4.78 is 11.3. The van der Waals surface area contributed by atoms with E-state index in [1.165, 1.54) is 12.1 Å². The first-order valence-electron chi connectivity index (χ1n) is 6.28. The van der Waals surface area contributed by atoms with E-state index >= 15 is 0 Å². The largest absolute Gasteiger partial charge is 0.504 e. The number of nitrogens with two attached hydrogens (primary N) is 1. The van der Waals surface area contributed by atoms with Crippen LogP contribution in [-0.2, 0) is 4.57 Å². The topological polar surface area (TPSA) is 116 Å². The molecule has 1 aromatic rings. The third-order valence-electron chi connectivity index (χ3n) is 3.54. The van der Waals surface area contributed by atoms with E-state index in [-0.39, 0.29) is 23.5 Å². The standard InChI is InChI=1S/C12H19N2O4P/c13-19(17,18)14-10-4-2-1-3-9(10)8-5-6-11(15)12(16)7-8/h5-7,9-10,15-16H,1-4H2,(H4,13,14,17,18). The minimum atomic E-state index is -3.78. The number of phenols is 2. The highest BCUT2D eigenvalue weighted by Crippen LogP contribution is 2.39. The van der Waals surface area contributed by atoms with Gasteiger partial charge in [0, 0.05) is 6.04 Å². The molecule has 0 heterocycles. The van der Waals surface area contributed by atoms with Crippen molar-refractivity contribution in [1.29, 1.82) is 0 Å². The molecule has 0 aromatic heterocycles. The molecule has 0 spiro atoms. The highest BCUT2D eigenvalue weighted by molar-refractivity contribution is 7.53. The lowest BCUT2D eigenvalue weighted by Gasteiger charge is -2.33. The van der Waals surface area contributed by atoms with Crippen molar-refractivity contribution in [2.75, 3.05) is 0 Å². The van der Waals surface area contributed by atoms with Gasteiger partial charge in [0.1, 0.15) is 0 Å². The van der Waals surface area contributed by atoms with Crippen LogP contribution in [0.4, 0.5) is 0 Å². The van der Waals surface area contributed by atoms with Crippen molar-refractivity contribution >= 4 is 7.67 Å². The second-order valence-corrected chi connectivity index (χ2v) is 6.50. The molecule has 6 nitrogen and oxygen atoms in total. The number of nitrogens with one attached hydrogen (secondary N) is 1. The predicted molar refractivity (Wildman–Crippen MR) is 71.9 cm³/mol. The van der Waals surface area contributed by atoms with Gasteiger partial charge in [-0.3, -0.25) is 4.57 Å². The number of phenolic OH excluding ortho intramolecular Hbond substituents is 2. The van der Waals surface area contributed by atoms with Crippen LogP contribution < -0.4 is 10.6 Å². The molecule has 19 heavy (non-hydrogen) atoms. The van der Waals surface area contributed by atoms with Gasteiger partial charge in [-0.05, 0) is 36.5 Å². The normalized spacial score (nSPS) is 26.8. The van der Waals surface area contributed by atoms with E-state index in [1.807, 2.05) is 0 Å². The zero-order valence-corrected chi connectivity index (χ0v) is 11.4. The lowest BCUT2D eigenvalue weighted by molar-refractivity contribution is 0.344. The summed E-state index contributed by atoms with van der Waals surface area (Å²) in [7, 11) is -3.78. The molecule has 2 rings (SSSR count). The molecule has 1 aliphatic carbocycles. The summed E-state index contributed by atoms with van der Waals surface area (Å²) in [4.78, 5) is 9.27. The predicted octanol–water partition coefficient (Wildman–Crippen LogP) is 1.77. The molecule has 3 unspecified atom stereocenters. The summed E-state index contributed by atoms with van der Waals surface area (Å²) in [6, 6.07) is 4.45. The molecule has 0 radical (unpaired) electrons. The van der Waals surface area contributed by atoms with E-state index in [0.717, 1.165) is 31.2 Å². The summed E-state index contributed by atoms with van der Waals surface area (Å²) in [5.74, 6) is -0.346. The van der Waals surface area contributed by atoms with Gasteiger partial charge < -0.3 is 15.1 Å². The number of benzene rings is 1. The van der Waals surface area contributed by atoms with Gasteiger partial charge in [0.15, 0.2) is 11.5 Å². The SMILES string of the molecule is NP(=O)(O)NC1CCCCC1c1ccc(O)c(O)c1. The Morgan fingerprint density at radius 2 is 1.89 bits per heavy atom. The van der Waals surface area contributed by atoms with Gasteiger partial charge in [-0.25, -0.2) is 10.6 Å². The quantitative estimate of drug-likeness (QED) is 0.427. The Hall–Kier alpha value is -1.07. The molecule has 6 N–H and O–H groups in total. The second kappa shape index (κ2) is 5.51. The van der Waals surface area contributed by atoms with Crippen molar-refractivity contribution in [3.05, 3.63) is 23.8 Å². The highest BCUT2D eigenvalue weighted by atomic mass is 31.2. The van der Waals surface area contributed by atoms with Crippen LogP contribution in [0, 0.1) is 0 Å². The molecule has 1 saturated carbocycles. The minimum absolute atomic E-state index is 0.00396. The Balaban J connectivity index is 2.23. The zero-order chi connectivity index (χ0) is 14.0. The summed E-state index contributed by atoms with van der Waals surface area (Å²) in [5.41, 5.74) is 6.01. The van der Waals surface area contributed by atoms with E-state index in [2.05, 4.69) is 5.09 Å². The molecule has 1 aromatic carbocycles. The van der Waals surface area contributed by atoms with E-state index in [4.69, 9.17) is 5.50 Å². The number of aromatic hydroxyl groups is 2. The van der Waals surface area contributed by atoms with Gasteiger partial charge in [0.2, 0.25) is 0 Å². The highest BCUT2D eigenvalue weighted by Gasteiger charge is 2.30. The van der Waals surface area contributed by atoms with Gasteiger partial charge in [0.05, 0.1) is 0 Å². The lowest BCUT2D eigenvalue weighted by atomic mass is 9.80. The first-order valence-corrected chi connectivity index (χ1v) is 8.01. The van der Waals surface area contributed by atoms with Crippen molar-refractivity contribution in [3.8, 4) is 11.5 Å². The fourth-order valence-corrected chi connectivity index (χ4v) is 3.48. The molecule has 3 atom stereocenters. The Bertz CT molecular complexity index is 503. The third-order valence-corrected chi connectivity index (χ3v) is 4.25. The molecule has 0 amide bonds. The van der Waals surface area contributed by atoms with Crippen LogP contribution in [0.2, 0.25) is 0 Å². The Labute approximate surface area is 111 Å². The van der Waals surface area contributed by atoms with Gasteiger partial charge in [-0.1, -0.05) is 18.9 Å². The van der Waals surface area contributed by atoms with E-state index in [1.54, 1.807) is 6.07 Å². The van der Waals surface area contributed by atoms with Crippen molar-refractivity contribution in [3.63, 3.8) is 0 Å². The van der Waals surface area contributed by atoms with Crippen LogP contribution in [0.15, 0.2) is 18.2 Å². The van der Waals surface area contributed by atoms with E-state index in [9.17, 15) is 19.7 Å². The van der Waals surface area contributed by atoms with Crippen molar-refractivity contribution < 1.29 is 19.7 Å². The van der Waals surface area contributed by atoms with Crippen LogP contribution >= 0.6 is 7.67 Å². The fourth-order valence-electron chi connectivity index (χ4n) is 2.69. The maximum absolute atomic E-state index is 11.3. The number of hydrogen-bond acceptors (Lipinski definition) is 3. The number of hydrogen-bond donors (Lipinski definition) is 5. The fraction of sp³-hybridized carbons (Fsp3) is 0.500. The third kappa shape index (κ3) is 3.70. The van der Waals surface area contributed by atoms with Crippen molar-refractivity contribution in [2.24, 2.45) is 5.50 Å². The Morgan fingerprint density at radius 3 is 2.53 bits per heavy atom. The molecule has 7 heteroatoms. The van der Waals surface area contributed by atoms with E-state index < -0.39 is 7.67 Å². The molecule has 1 fully saturated rings. The monoisotopic (exact) mass is 286 g/mol.